The first-order valence-corrected chi connectivity index (χ1v) is 5.99. The second-order valence-corrected chi connectivity index (χ2v) is 3.89. The van der Waals surface area contributed by atoms with Crippen molar-refractivity contribution in [3.8, 4) is 0 Å². The van der Waals surface area contributed by atoms with Gasteiger partial charge in [-0.05, 0) is 6.92 Å². The van der Waals surface area contributed by atoms with Crippen molar-refractivity contribution in [3.05, 3.63) is 35.9 Å². The minimum absolute atomic E-state index is 0.107. The zero-order chi connectivity index (χ0) is 14.3. The Morgan fingerprint density at radius 1 is 1.47 bits per heavy atom. The third-order valence-corrected chi connectivity index (χ3v) is 2.30. The number of aromatic nitrogens is 2. The van der Waals surface area contributed by atoms with Crippen molar-refractivity contribution in [2.45, 2.75) is 6.92 Å². The molecular weight excluding hydrogens is 270 g/mol. The smallest absolute Gasteiger partial charge is 0.325 e. The Morgan fingerprint density at radius 2 is 2.21 bits per heavy atom. The monoisotopic (exact) mass is 283 g/mol. The van der Waals surface area contributed by atoms with Crippen LogP contribution < -0.4 is 0 Å². The maximum atomic E-state index is 12.1. The number of ether oxygens (including phenoxy) is 1. The quantitative estimate of drug-likeness (QED) is 0.581. The molecule has 0 N–H and O–H groups in total. The number of halogens is 1. The summed E-state index contributed by atoms with van der Waals surface area (Å²) >= 11 is 5.59. The van der Waals surface area contributed by atoms with Crippen LogP contribution in [0.1, 0.15) is 17.4 Å². The molecular formula is C12H14ClN3O3. The first-order valence-electron chi connectivity index (χ1n) is 5.61. The van der Waals surface area contributed by atoms with Crippen LogP contribution in [0, 0.1) is 0 Å². The molecule has 0 aliphatic rings. The predicted molar refractivity (Wildman–Crippen MR) is 69.8 cm³/mol. The summed E-state index contributed by atoms with van der Waals surface area (Å²) in [5.41, 5.74) is 0.107. The van der Waals surface area contributed by atoms with Crippen molar-refractivity contribution in [3.63, 3.8) is 0 Å². The Kier molecular flexibility index (Phi) is 5.95. The second kappa shape index (κ2) is 7.48. The summed E-state index contributed by atoms with van der Waals surface area (Å²) in [5.74, 6) is -0.920. The van der Waals surface area contributed by atoms with E-state index in [4.69, 9.17) is 16.3 Å². The van der Waals surface area contributed by atoms with E-state index in [9.17, 15) is 9.59 Å². The lowest BCUT2D eigenvalue weighted by Crippen LogP contribution is -2.37. The Balaban J connectivity index is 2.80. The van der Waals surface area contributed by atoms with E-state index >= 15 is 0 Å². The fraction of sp³-hybridized carbons (Fsp3) is 0.333. The van der Waals surface area contributed by atoms with E-state index in [0.717, 1.165) is 0 Å². The van der Waals surface area contributed by atoms with Gasteiger partial charge in [0.15, 0.2) is 0 Å². The Hall–Kier alpha value is -1.95. The standard InChI is InChI=1S/C12H14ClN3O3/c1-3-5-16(8-11(17)19-4-2)12(18)9-6-15-10(13)7-14-9/h3,6-7H,1,4-5,8H2,2H3. The molecule has 0 unspecified atom stereocenters. The van der Waals surface area contributed by atoms with Crippen molar-refractivity contribution >= 4 is 23.5 Å². The number of hydrogen-bond donors (Lipinski definition) is 0. The van der Waals surface area contributed by atoms with Crippen LogP contribution >= 0.6 is 11.6 Å². The molecule has 6 nitrogen and oxygen atoms in total. The molecule has 0 aromatic carbocycles. The first-order chi connectivity index (χ1) is 9.08. The molecule has 0 spiro atoms. The van der Waals surface area contributed by atoms with Gasteiger partial charge in [-0.25, -0.2) is 9.97 Å². The maximum absolute atomic E-state index is 12.1. The van der Waals surface area contributed by atoms with Crippen molar-refractivity contribution in [2.24, 2.45) is 0 Å². The van der Waals surface area contributed by atoms with Crippen LogP contribution in [-0.2, 0) is 9.53 Å². The van der Waals surface area contributed by atoms with Gasteiger partial charge in [-0.15, -0.1) is 6.58 Å². The lowest BCUT2D eigenvalue weighted by molar-refractivity contribution is -0.143. The van der Waals surface area contributed by atoms with Gasteiger partial charge in [0.1, 0.15) is 17.4 Å². The van der Waals surface area contributed by atoms with Crippen LogP contribution in [0.2, 0.25) is 5.15 Å². The van der Waals surface area contributed by atoms with Gasteiger partial charge in [0.25, 0.3) is 5.91 Å². The molecule has 1 aromatic heterocycles. The van der Waals surface area contributed by atoms with Gasteiger partial charge < -0.3 is 9.64 Å². The summed E-state index contributed by atoms with van der Waals surface area (Å²) in [6.07, 6.45) is 4.04. The van der Waals surface area contributed by atoms with Crippen molar-refractivity contribution in [1.29, 1.82) is 0 Å². The first kappa shape index (κ1) is 15.1. The number of nitrogens with zero attached hydrogens (tertiary/aromatic N) is 3. The van der Waals surface area contributed by atoms with Gasteiger partial charge >= 0.3 is 5.97 Å². The van der Waals surface area contributed by atoms with E-state index in [1.165, 1.54) is 23.4 Å². The highest BCUT2D eigenvalue weighted by molar-refractivity contribution is 6.29. The zero-order valence-electron chi connectivity index (χ0n) is 10.5. The highest BCUT2D eigenvalue weighted by Crippen LogP contribution is 2.05. The lowest BCUT2D eigenvalue weighted by Gasteiger charge is -2.19. The molecule has 19 heavy (non-hydrogen) atoms. The van der Waals surface area contributed by atoms with Crippen LogP contribution in [0.25, 0.3) is 0 Å². The average Bonchev–Trinajstić information content (AvgIpc) is 2.38. The minimum Gasteiger partial charge on any atom is -0.465 e. The summed E-state index contributed by atoms with van der Waals surface area (Å²) in [7, 11) is 0. The number of amides is 1. The number of carbonyl (C=O) groups excluding carboxylic acids is 2. The molecule has 7 heteroatoms. The molecule has 1 aromatic rings. The Morgan fingerprint density at radius 3 is 2.74 bits per heavy atom. The van der Waals surface area contributed by atoms with Crippen LogP contribution in [0.15, 0.2) is 25.0 Å². The molecule has 0 aliphatic heterocycles. The number of rotatable bonds is 6. The molecule has 0 aliphatic carbocycles. The van der Waals surface area contributed by atoms with E-state index in [-0.39, 0.29) is 30.5 Å². The molecule has 1 amide bonds. The Labute approximate surface area is 116 Å². The van der Waals surface area contributed by atoms with Crippen LogP contribution in [-0.4, -0.2) is 46.4 Å². The van der Waals surface area contributed by atoms with E-state index in [1.54, 1.807) is 6.92 Å². The fourth-order valence-electron chi connectivity index (χ4n) is 1.32. The van der Waals surface area contributed by atoms with E-state index in [1.807, 2.05) is 0 Å². The van der Waals surface area contributed by atoms with Crippen molar-refractivity contribution in [2.75, 3.05) is 19.7 Å². The van der Waals surface area contributed by atoms with Crippen molar-refractivity contribution in [1.82, 2.24) is 14.9 Å². The molecule has 102 valence electrons. The topological polar surface area (TPSA) is 72.4 Å². The summed E-state index contributed by atoms with van der Waals surface area (Å²) in [6, 6.07) is 0. The number of hydrogen-bond acceptors (Lipinski definition) is 5. The Bertz CT molecular complexity index is 462. The second-order valence-electron chi connectivity index (χ2n) is 3.50. The lowest BCUT2D eigenvalue weighted by atomic mass is 10.3. The molecule has 0 atom stereocenters. The SMILES string of the molecule is C=CCN(CC(=O)OCC)C(=O)c1cnc(Cl)cn1. The molecule has 0 saturated carbocycles. The third kappa shape index (κ3) is 4.67. The molecule has 0 bridgehead atoms. The van der Waals surface area contributed by atoms with Gasteiger partial charge in [0.05, 0.1) is 19.0 Å². The summed E-state index contributed by atoms with van der Waals surface area (Å²) in [5, 5.41) is 0.192. The predicted octanol–water partition coefficient (Wildman–Crippen LogP) is 1.32. The highest BCUT2D eigenvalue weighted by Gasteiger charge is 2.19. The normalized spacial score (nSPS) is 9.79. The van der Waals surface area contributed by atoms with Gasteiger partial charge in [-0.3, -0.25) is 9.59 Å². The largest absolute Gasteiger partial charge is 0.465 e. The van der Waals surface area contributed by atoms with Gasteiger partial charge in [-0.2, -0.15) is 0 Å². The molecule has 1 rings (SSSR count). The molecule has 0 saturated heterocycles. The van der Waals surface area contributed by atoms with Crippen LogP contribution in [0.5, 0.6) is 0 Å². The van der Waals surface area contributed by atoms with Gasteiger partial charge in [-0.1, -0.05) is 17.7 Å². The van der Waals surface area contributed by atoms with Crippen molar-refractivity contribution < 1.29 is 14.3 Å². The van der Waals surface area contributed by atoms with Gasteiger partial charge in [0, 0.05) is 6.54 Å². The average molecular weight is 284 g/mol. The summed E-state index contributed by atoms with van der Waals surface area (Å²) in [6.45, 7) is 5.54. The summed E-state index contributed by atoms with van der Waals surface area (Å²) < 4.78 is 4.80. The molecule has 0 radical (unpaired) electrons. The summed E-state index contributed by atoms with van der Waals surface area (Å²) in [4.78, 5) is 32.4. The molecule has 1 heterocycles. The highest BCUT2D eigenvalue weighted by atomic mass is 35.5. The number of esters is 1. The van der Waals surface area contributed by atoms with E-state index in [2.05, 4.69) is 16.5 Å². The zero-order valence-corrected chi connectivity index (χ0v) is 11.3. The maximum Gasteiger partial charge on any atom is 0.325 e. The molecule has 0 fully saturated rings. The third-order valence-electron chi connectivity index (χ3n) is 2.10. The van der Waals surface area contributed by atoms with Crippen LogP contribution in [0.4, 0.5) is 0 Å². The van der Waals surface area contributed by atoms with Gasteiger partial charge in [0.2, 0.25) is 0 Å². The number of carbonyl (C=O) groups is 2. The van der Waals surface area contributed by atoms with E-state index < -0.39 is 11.9 Å². The minimum atomic E-state index is -0.486. The fourth-order valence-corrected chi connectivity index (χ4v) is 1.42. The van der Waals surface area contributed by atoms with E-state index in [0.29, 0.717) is 0 Å². The van der Waals surface area contributed by atoms with Crippen LogP contribution in [0.3, 0.4) is 0 Å².